The number of nitrogens with zero attached hydrogens (tertiary/aromatic N) is 1. The molecule has 0 bridgehead atoms. The Kier molecular flexibility index (Phi) is 4.20. The minimum Gasteiger partial charge on any atom is -0.481 e. The van der Waals surface area contributed by atoms with Gasteiger partial charge in [-0.1, -0.05) is 6.42 Å². The standard InChI is InChI=1S/C13H21NO3S/c1-18-9-10-4-2-7-14(10)11(15)8-13(12(16)17)5-3-6-13/h10H,2-9H2,1H3,(H,16,17). The summed E-state index contributed by atoms with van der Waals surface area (Å²) in [4.78, 5) is 25.5. The van der Waals surface area contributed by atoms with E-state index in [9.17, 15) is 14.7 Å². The van der Waals surface area contributed by atoms with Crippen LogP contribution < -0.4 is 0 Å². The summed E-state index contributed by atoms with van der Waals surface area (Å²) in [7, 11) is 0. The SMILES string of the molecule is CSCC1CCCN1C(=O)CC1(C(=O)O)CCC1. The minimum atomic E-state index is -0.789. The lowest BCUT2D eigenvalue weighted by Gasteiger charge is -2.38. The molecule has 18 heavy (non-hydrogen) atoms. The molecule has 2 fully saturated rings. The number of aliphatic carboxylic acids is 1. The van der Waals surface area contributed by atoms with E-state index in [4.69, 9.17) is 0 Å². The average molecular weight is 271 g/mol. The first kappa shape index (κ1) is 13.7. The van der Waals surface area contributed by atoms with Gasteiger partial charge in [0, 0.05) is 24.8 Å². The van der Waals surface area contributed by atoms with Gasteiger partial charge in [0.25, 0.3) is 0 Å². The molecule has 2 rings (SSSR count). The molecular formula is C13H21NO3S. The lowest BCUT2D eigenvalue weighted by molar-refractivity contribution is -0.159. The summed E-state index contributed by atoms with van der Waals surface area (Å²) in [5, 5.41) is 9.27. The van der Waals surface area contributed by atoms with Gasteiger partial charge in [0.1, 0.15) is 0 Å². The highest BCUT2D eigenvalue weighted by atomic mass is 32.2. The molecule has 1 saturated heterocycles. The number of amides is 1. The molecule has 1 aliphatic heterocycles. The molecule has 1 amide bonds. The van der Waals surface area contributed by atoms with Gasteiger partial charge < -0.3 is 10.0 Å². The summed E-state index contributed by atoms with van der Waals surface area (Å²) in [6, 6.07) is 0.318. The third kappa shape index (κ3) is 2.51. The van der Waals surface area contributed by atoms with E-state index < -0.39 is 11.4 Å². The molecule has 4 nitrogen and oxygen atoms in total. The Morgan fingerprint density at radius 3 is 2.61 bits per heavy atom. The predicted molar refractivity (Wildman–Crippen MR) is 71.7 cm³/mol. The van der Waals surface area contributed by atoms with Crippen LogP contribution in [0.3, 0.4) is 0 Å². The zero-order chi connectivity index (χ0) is 13.2. The number of carboxylic acid groups (broad SMARTS) is 1. The topological polar surface area (TPSA) is 57.6 Å². The number of hydrogen-bond acceptors (Lipinski definition) is 3. The van der Waals surface area contributed by atoms with Crippen molar-refractivity contribution in [1.82, 2.24) is 4.90 Å². The number of carboxylic acids is 1. The number of carbonyl (C=O) groups is 2. The highest BCUT2D eigenvalue weighted by Crippen LogP contribution is 2.45. The van der Waals surface area contributed by atoms with Crippen LogP contribution in [0.15, 0.2) is 0 Å². The lowest BCUT2D eigenvalue weighted by Crippen LogP contribution is -2.45. The average Bonchev–Trinajstić information content (AvgIpc) is 2.71. The van der Waals surface area contributed by atoms with Crippen LogP contribution in [0.5, 0.6) is 0 Å². The highest BCUT2D eigenvalue weighted by Gasteiger charge is 2.47. The summed E-state index contributed by atoms with van der Waals surface area (Å²) in [5.74, 6) is 0.225. The highest BCUT2D eigenvalue weighted by molar-refractivity contribution is 7.98. The van der Waals surface area contributed by atoms with Crippen LogP contribution >= 0.6 is 11.8 Å². The maximum absolute atomic E-state index is 12.3. The monoisotopic (exact) mass is 271 g/mol. The van der Waals surface area contributed by atoms with E-state index in [1.54, 1.807) is 11.8 Å². The third-order valence-corrected chi connectivity index (χ3v) is 5.03. The van der Waals surface area contributed by atoms with Gasteiger partial charge in [-0.2, -0.15) is 11.8 Å². The van der Waals surface area contributed by atoms with Crippen LogP contribution in [-0.4, -0.2) is 46.5 Å². The Hall–Kier alpha value is -0.710. The molecule has 0 aromatic carbocycles. The third-order valence-electron chi connectivity index (χ3n) is 4.31. The van der Waals surface area contributed by atoms with Crippen LogP contribution in [0, 0.1) is 5.41 Å². The first-order valence-electron chi connectivity index (χ1n) is 6.61. The first-order valence-corrected chi connectivity index (χ1v) is 8.00. The van der Waals surface area contributed by atoms with Gasteiger partial charge in [0.05, 0.1) is 5.41 Å². The van der Waals surface area contributed by atoms with Crippen LogP contribution in [0.4, 0.5) is 0 Å². The van der Waals surface area contributed by atoms with Gasteiger partial charge in [0.2, 0.25) is 5.91 Å². The summed E-state index contributed by atoms with van der Waals surface area (Å²) >= 11 is 1.75. The molecule has 1 heterocycles. The van der Waals surface area contributed by atoms with Gasteiger partial charge in [0.15, 0.2) is 0 Å². The molecule has 1 aliphatic carbocycles. The van der Waals surface area contributed by atoms with Crippen molar-refractivity contribution in [3.63, 3.8) is 0 Å². The van der Waals surface area contributed by atoms with E-state index in [0.717, 1.165) is 31.6 Å². The van der Waals surface area contributed by atoms with Gasteiger partial charge in [-0.15, -0.1) is 0 Å². The quantitative estimate of drug-likeness (QED) is 0.830. The van der Waals surface area contributed by atoms with Crippen molar-refractivity contribution in [2.45, 2.75) is 44.6 Å². The van der Waals surface area contributed by atoms with Crippen molar-refractivity contribution in [1.29, 1.82) is 0 Å². The fourth-order valence-electron chi connectivity index (χ4n) is 2.99. The van der Waals surface area contributed by atoms with E-state index in [-0.39, 0.29) is 12.3 Å². The van der Waals surface area contributed by atoms with E-state index in [2.05, 4.69) is 0 Å². The second-order valence-electron chi connectivity index (χ2n) is 5.45. The van der Waals surface area contributed by atoms with Crippen LogP contribution in [0.1, 0.15) is 38.5 Å². The van der Waals surface area contributed by atoms with Gasteiger partial charge in [-0.05, 0) is 31.9 Å². The molecule has 0 aromatic rings. The smallest absolute Gasteiger partial charge is 0.310 e. The van der Waals surface area contributed by atoms with Crippen molar-refractivity contribution in [3.8, 4) is 0 Å². The molecule has 1 atom stereocenters. The first-order chi connectivity index (χ1) is 8.59. The van der Waals surface area contributed by atoms with Gasteiger partial charge >= 0.3 is 5.97 Å². The molecule has 5 heteroatoms. The summed E-state index contributed by atoms with van der Waals surface area (Å²) in [5.41, 5.74) is -0.746. The van der Waals surface area contributed by atoms with E-state index in [0.29, 0.717) is 18.9 Å². The molecular weight excluding hydrogens is 250 g/mol. The molecule has 102 valence electrons. The predicted octanol–water partition coefficient (Wildman–Crippen LogP) is 1.99. The maximum Gasteiger partial charge on any atom is 0.310 e. The molecule has 1 saturated carbocycles. The summed E-state index contributed by atoms with van der Waals surface area (Å²) in [6.07, 6.45) is 6.63. The van der Waals surface area contributed by atoms with Crippen molar-refractivity contribution >= 4 is 23.6 Å². The fraction of sp³-hybridized carbons (Fsp3) is 0.846. The summed E-state index contributed by atoms with van der Waals surface area (Å²) in [6.45, 7) is 0.805. The van der Waals surface area contributed by atoms with Crippen LogP contribution in [-0.2, 0) is 9.59 Å². The zero-order valence-corrected chi connectivity index (χ0v) is 11.7. The second-order valence-corrected chi connectivity index (χ2v) is 6.37. The van der Waals surface area contributed by atoms with Crippen molar-refractivity contribution in [2.24, 2.45) is 5.41 Å². The second kappa shape index (κ2) is 5.51. The van der Waals surface area contributed by atoms with Crippen molar-refractivity contribution < 1.29 is 14.7 Å². The number of thioether (sulfide) groups is 1. The Bertz CT molecular complexity index is 341. The minimum absolute atomic E-state index is 0.0497. The zero-order valence-electron chi connectivity index (χ0n) is 10.9. The fourth-order valence-corrected chi connectivity index (χ4v) is 3.72. The van der Waals surface area contributed by atoms with E-state index in [1.165, 1.54) is 0 Å². The van der Waals surface area contributed by atoms with Gasteiger partial charge in [-0.3, -0.25) is 9.59 Å². The number of rotatable bonds is 5. The Morgan fingerprint density at radius 1 is 1.39 bits per heavy atom. The molecule has 1 N–H and O–H groups in total. The van der Waals surface area contributed by atoms with Crippen LogP contribution in [0.25, 0.3) is 0 Å². The number of likely N-dealkylation sites (tertiary alicyclic amines) is 1. The molecule has 1 unspecified atom stereocenters. The van der Waals surface area contributed by atoms with Crippen molar-refractivity contribution in [3.05, 3.63) is 0 Å². The van der Waals surface area contributed by atoms with Crippen LogP contribution in [0.2, 0.25) is 0 Å². The van der Waals surface area contributed by atoms with Crippen molar-refractivity contribution in [2.75, 3.05) is 18.6 Å². The maximum atomic E-state index is 12.3. The van der Waals surface area contributed by atoms with E-state index >= 15 is 0 Å². The molecule has 0 spiro atoms. The Labute approximate surface area is 112 Å². The normalized spacial score (nSPS) is 25.8. The Morgan fingerprint density at radius 2 is 2.11 bits per heavy atom. The largest absolute Gasteiger partial charge is 0.481 e. The summed E-state index contributed by atoms with van der Waals surface area (Å²) < 4.78 is 0. The number of hydrogen-bond donors (Lipinski definition) is 1. The van der Waals surface area contributed by atoms with Gasteiger partial charge in [-0.25, -0.2) is 0 Å². The Balaban J connectivity index is 1.96. The molecule has 0 radical (unpaired) electrons. The van der Waals surface area contributed by atoms with E-state index in [1.807, 2.05) is 11.2 Å². The molecule has 0 aromatic heterocycles. The lowest BCUT2D eigenvalue weighted by atomic mass is 9.66. The molecule has 2 aliphatic rings. The number of carbonyl (C=O) groups excluding carboxylic acids is 1.